The fourth-order valence-electron chi connectivity index (χ4n) is 2.73. The molecule has 0 saturated carbocycles. The van der Waals surface area contributed by atoms with Crippen molar-refractivity contribution in [3.05, 3.63) is 23.7 Å². The maximum absolute atomic E-state index is 12.1. The second-order valence-corrected chi connectivity index (χ2v) is 5.58. The number of carbonyl (C=O) groups excluding carboxylic acids is 1. The van der Waals surface area contributed by atoms with Crippen molar-refractivity contribution in [1.82, 2.24) is 10.2 Å². The van der Waals surface area contributed by atoms with Crippen LogP contribution in [-0.4, -0.2) is 29.9 Å². The lowest BCUT2D eigenvalue weighted by Crippen LogP contribution is -2.42. The summed E-state index contributed by atoms with van der Waals surface area (Å²) in [6.07, 6.45) is 5.04. The molecule has 4 heteroatoms. The normalized spacial score (nSPS) is 19.3. The third-order valence-electron chi connectivity index (χ3n) is 4.00. The van der Waals surface area contributed by atoms with Gasteiger partial charge in [0.25, 0.3) is 0 Å². The van der Waals surface area contributed by atoms with E-state index >= 15 is 0 Å². The van der Waals surface area contributed by atoms with Gasteiger partial charge in [-0.15, -0.1) is 0 Å². The SMILES string of the molecule is CCc1ccc(CNCCC(=O)N2CCCCC2C)o1. The van der Waals surface area contributed by atoms with E-state index in [4.69, 9.17) is 4.42 Å². The fraction of sp³-hybridized carbons (Fsp3) is 0.688. The van der Waals surface area contributed by atoms with E-state index in [0.717, 1.165) is 37.3 Å². The largest absolute Gasteiger partial charge is 0.465 e. The van der Waals surface area contributed by atoms with Crippen LogP contribution in [0.1, 0.15) is 51.1 Å². The van der Waals surface area contributed by atoms with E-state index in [2.05, 4.69) is 19.2 Å². The number of nitrogens with one attached hydrogen (secondary N) is 1. The van der Waals surface area contributed by atoms with Crippen LogP contribution in [0.2, 0.25) is 0 Å². The van der Waals surface area contributed by atoms with Gasteiger partial charge in [0, 0.05) is 32.0 Å². The van der Waals surface area contributed by atoms with Gasteiger partial charge in [0.15, 0.2) is 0 Å². The number of likely N-dealkylation sites (tertiary alicyclic amines) is 1. The van der Waals surface area contributed by atoms with Gasteiger partial charge in [-0.25, -0.2) is 0 Å². The molecule has 1 N–H and O–H groups in total. The summed E-state index contributed by atoms with van der Waals surface area (Å²) in [5, 5.41) is 3.28. The maximum Gasteiger partial charge on any atom is 0.224 e. The van der Waals surface area contributed by atoms with Gasteiger partial charge < -0.3 is 14.6 Å². The molecule has 1 saturated heterocycles. The first-order valence-corrected chi connectivity index (χ1v) is 7.78. The minimum Gasteiger partial charge on any atom is -0.465 e. The van der Waals surface area contributed by atoms with E-state index in [9.17, 15) is 4.79 Å². The molecular formula is C16H26N2O2. The van der Waals surface area contributed by atoms with Crippen molar-refractivity contribution in [2.45, 2.75) is 58.5 Å². The van der Waals surface area contributed by atoms with Crippen LogP contribution >= 0.6 is 0 Å². The third kappa shape index (κ3) is 4.10. The van der Waals surface area contributed by atoms with Crippen LogP contribution in [0.3, 0.4) is 0 Å². The zero-order chi connectivity index (χ0) is 14.4. The summed E-state index contributed by atoms with van der Waals surface area (Å²) in [5.41, 5.74) is 0. The molecular weight excluding hydrogens is 252 g/mol. The lowest BCUT2D eigenvalue weighted by molar-refractivity contribution is -0.134. The first kappa shape index (κ1) is 15.1. The number of nitrogens with zero attached hydrogens (tertiary/aromatic N) is 1. The van der Waals surface area contributed by atoms with Crippen molar-refractivity contribution >= 4 is 5.91 Å². The van der Waals surface area contributed by atoms with Gasteiger partial charge in [-0.3, -0.25) is 4.79 Å². The lowest BCUT2D eigenvalue weighted by atomic mass is 10.0. The number of piperidine rings is 1. The predicted molar refractivity (Wildman–Crippen MR) is 79.4 cm³/mol. The average Bonchev–Trinajstić information content (AvgIpc) is 2.92. The lowest BCUT2D eigenvalue weighted by Gasteiger charge is -2.33. The van der Waals surface area contributed by atoms with Gasteiger partial charge in [-0.2, -0.15) is 0 Å². The monoisotopic (exact) mass is 278 g/mol. The number of aryl methyl sites for hydroxylation is 1. The Morgan fingerprint density at radius 1 is 1.40 bits per heavy atom. The first-order chi connectivity index (χ1) is 9.70. The molecule has 1 aliphatic heterocycles. The molecule has 1 aromatic rings. The van der Waals surface area contributed by atoms with E-state index < -0.39 is 0 Å². The molecule has 1 fully saturated rings. The first-order valence-electron chi connectivity index (χ1n) is 7.78. The highest BCUT2D eigenvalue weighted by Gasteiger charge is 2.22. The molecule has 1 aliphatic rings. The van der Waals surface area contributed by atoms with E-state index in [1.165, 1.54) is 6.42 Å². The van der Waals surface area contributed by atoms with Crippen molar-refractivity contribution in [3.8, 4) is 0 Å². The quantitative estimate of drug-likeness (QED) is 0.814. The van der Waals surface area contributed by atoms with Gasteiger partial charge in [-0.05, 0) is 38.3 Å². The Bertz CT molecular complexity index is 428. The summed E-state index contributed by atoms with van der Waals surface area (Å²) in [7, 11) is 0. The predicted octanol–water partition coefficient (Wildman–Crippen LogP) is 2.72. The Kier molecular flexibility index (Phi) is 5.65. The molecule has 2 rings (SSSR count). The molecule has 1 atom stereocenters. The summed E-state index contributed by atoms with van der Waals surface area (Å²) >= 11 is 0. The Morgan fingerprint density at radius 2 is 2.20 bits per heavy atom. The van der Waals surface area contributed by atoms with E-state index in [-0.39, 0.29) is 5.91 Å². The fourth-order valence-corrected chi connectivity index (χ4v) is 2.73. The maximum atomic E-state index is 12.1. The molecule has 0 aliphatic carbocycles. The van der Waals surface area contributed by atoms with Gasteiger partial charge in [0.2, 0.25) is 5.91 Å². The van der Waals surface area contributed by atoms with Crippen molar-refractivity contribution in [2.24, 2.45) is 0 Å². The zero-order valence-electron chi connectivity index (χ0n) is 12.7. The van der Waals surface area contributed by atoms with Gasteiger partial charge >= 0.3 is 0 Å². The van der Waals surface area contributed by atoms with Crippen LogP contribution in [0.25, 0.3) is 0 Å². The molecule has 1 amide bonds. The highest BCUT2D eigenvalue weighted by molar-refractivity contribution is 5.76. The number of rotatable bonds is 6. The molecule has 112 valence electrons. The van der Waals surface area contributed by atoms with Crippen molar-refractivity contribution in [1.29, 1.82) is 0 Å². The molecule has 1 unspecified atom stereocenters. The zero-order valence-corrected chi connectivity index (χ0v) is 12.7. The van der Waals surface area contributed by atoms with Crippen molar-refractivity contribution in [3.63, 3.8) is 0 Å². The molecule has 1 aromatic heterocycles. The van der Waals surface area contributed by atoms with Crippen LogP contribution in [-0.2, 0) is 17.8 Å². The molecule has 0 spiro atoms. The summed E-state index contributed by atoms with van der Waals surface area (Å²) in [5.74, 6) is 2.24. The molecule has 4 nitrogen and oxygen atoms in total. The van der Waals surface area contributed by atoms with E-state index in [0.29, 0.717) is 25.6 Å². The molecule has 0 radical (unpaired) electrons. The second-order valence-electron chi connectivity index (χ2n) is 5.58. The van der Waals surface area contributed by atoms with Gasteiger partial charge in [0.05, 0.1) is 6.54 Å². The summed E-state index contributed by atoms with van der Waals surface area (Å²) in [6.45, 7) is 6.57. The van der Waals surface area contributed by atoms with Crippen LogP contribution in [0, 0.1) is 0 Å². The van der Waals surface area contributed by atoms with E-state index in [1.807, 2.05) is 17.0 Å². The minimum atomic E-state index is 0.276. The van der Waals surface area contributed by atoms with Crippen molar-refractivity contribution < 1.29 is 9.21 Å². The van der Waals surface area contributed by atoms with Crippen LogP contribution < -0.4 is 5.32 Å². The van der Waals surface area contributed by atoms with Crippen molar-refractivity contribution in [2.75, 3.05) is 13.1 Å². The summed E-state index contributed by atoms with van der Waals surface area (Å²) in [4.78, 5) is 14.2. The van der Waals surface area contributed by atoms with Crippen LogP contribution in [0.5, 0.6) is 0 Å². The topological polar surface area (TPSA) is 45.5 Å². The van der Waals surface area contributed by atoms with Crippen LogP contribution in [0.4, 0.5) is 0 Å². The van der Waals surface area contributed by atoms with E-state index in [1.54, 1.807) is 0 Å². The van der Waals surface area contributed by atoms with Crippen LogP contribution in [0.15, 0.2) is 16.5 Å². The summed E-state index contributed by atoms with van der Waals surface area (Å²) < 4.78 is 5.62. The Labute approximate surface area is 121 Å². The number of furan rings is 1. The smallest absolute Gasteiger partial charge is 0.224 e. The van der Waals surface area contributed by atoms with Gasteiger partial charge in [-0.1, -0.05) is 6.92 Å². The highest BCUT2D eigenvalue weighted by Crippen LogP contribution is 2.17. The molecule has 0 bridgehead atoms. The molecule has 20 heavy (non-hydrogen) atoms. The summed E-state index contributed by atoms with van der Waals surface area (Å²) in [6, 6.07) is 4.42. The average molecular weight is 278 g/mol. The minimum absolute atomic E-state index is 0.276. The Morgan fingerprint density at radius 3 is 2.90 bits per heavy atom. The number of amides is 1. The molecule has 2 heterocycles. The second kappa shape index (κ2) is 7.48. The Balaban J connectivity index is 1.66. The number of hydrogen-bond donors (Lipinski definition) is 1. The highest BCUT2D eigenvalue weighted by atomic mass is 16.3. The van der Waals surface area contributed by atoms with Gasteiger partial charge in [0.1, 0.15) is 11.5 Å². The Hall–Kier alpha value is -1.29. The number of carbonyl (C=O) groups is 1. The standard InChI is InChI=1S/C16H26N2O2/c1-3-14-7-8-15(20-14)12-17-10-9-16(19)18-11-5-4-6-13(18)2/h7-8,13,17H,3-6,9-12H2,1-2H3. The third-order valence-corrected chi connectivity index (χ3v) is 4.00. The molecule has 0 aromatic carbocycles. The number of hydrogen-bond acceptors (Lipinski definition) is 3.